The first-order valence-corrected chi connectivity index (χ1v) is 6.14. The van der Waals surface area contributed by atoms with Gasteiger partial charge in [-0.2, -0.15) is 0 Å². The lowest BCUT2D eigenvalue weighted by Gasteiger charge is -1.94. The van der Waals surface area contributed by atoms with Crippen LogP contribution in [0.2, 0.25) is 0 Å². The van der Waals surface area contributed by atoms with Gasteiger partial charge in [0, 0.05) is 0 Å². The van der Waals surface area contributed by atoms with Gasteiger partial charge in [0.1, 0.15) is 0 Å². The Morgan fingerprint density at radius 2 is 1.50 bits per heavy atom. The van der Waals surface area contributed by atoms with Crippen molar-refractivity contribution >= 4 is 0 Å². The molecule has 0 aromatic rings. The van der Waals surface area contributed by atoms with Gasteiger partial charge in [-0.05, 0) is 25.8 Å². The molecule has 0 aliphatic rings. The maximum absolute atomic E-state index is 5.14. The minimum atomic E-state index is 0.844. The monoisotopic (exact) mass is 199 g/mol. The van der Waals surface area contributed by atoms with Gasteiger partial charge in [0.2, 0.25) is 0 Å². The zero-order valence-corrected chi connectivity index (χ0v) is 10.2. The highest BCUT2D eigenvalue weighted by Crippen LogP contribution is 2.04. The summed E-state index contributed by atoms with van der Waals surface area (Å²) in [6, 6.07) is 0. The van der Waals surface area contributed by atoms with Crippen LogP contribution in [0.1, 0.15) is 65.2 Å². The van der Waals surface area contributed by atoms with Gasteiger partial charge >= 0.3 is 0 Å². The van der Waals surface area contributed by atoms with E-state index in [0.717, 1.165) is 6.54 Å². The summed E-state index contributed by atoms with van der Waals surface area (Å²) in [5, 5.41) is 0. The lowest BCUT2D eigenvalue weighted by molar-refractivity contribution is 0.638. The minimum absolute atomic E-state index is 0.844. The first-order valence-electron chi connectivity index (χ1n) is 6.14. The fourth-order valence-electron chi connectivity index (χ4n) is 1.10. The van der Waals surface area contributed by atoms with Crippen LogP contribution in [0.25, 0.3) is 0 Å². The van der Waals surface area contributed by atoms with Crippen LogP contribution in [-0.4, -0.2) is 6.54 Å². The van der Waals surface area contributed by atoms with Gasteiger partial charge in [0.15, 0.2) is 0 Å². The number of unbranched alkanes of at least 4 members (excludes halogenated alkanes) is 6. The topological polar surface area (TPSA) is 26.0 Å². The first kappa shape index (κ1) is 16.1. The highest BCUT2D eigenvalue weighted by atomic mass is 14.5. The molecule has 0 aromatic heterocycles. The van der Waals surface area contributed by atoms with E-state index in [1.165, 1.54) is 51.4 Å². The van der Waals surface area contributed by atoms with Crippen LogP contribution in [0.5, 0.6) is 0 Å². The average molecular weight is 199 g/mol. The molecule has 0 heterocycles. The lowest BCUT2D eigenvalue weighted by Crippen LogP contribution is -1.95. The molecule has 0 radical (unpaired) electrons. The summed E-state index contributed by atoms with van der Waals surface area (Å²) in [4.78, 5) is 0. The Kier molecular flexibility index (Phi) is 21.3. The first-order chi connectivity index (χ1) is 6.83. The Labute approximate surface area is 90.8 Å². The summed E-state index contributed by atoms with van der Waals surface area (Å²) < 4.78 is 0. The Balaban J connectivity index is 0. The molecule has 0 atom stereocenters. The second-order valence-corrected chi connectivity index (χ2v) is 3.63. The van der Waals surface area contributed by atoms with Gasteiger partial charge in [-0.25, -0.2) is 0 Å². The zero-order chi connectivity index (χ0) is 11.1. The maximum Gasteiger partial charge on any atom is -0.00774 e. The standard InChI is InChI=1S/C9H18.C4H11N/c1-3-5-7-9-8-6-4-2;1-2-3-4-5/h3H,1,4-9H2,2H3;2-5H2,1H3. The van der Waals surface area contributed by atoms with E-state index < -0.39 is 0 Å². The molecule has 2 N–H and O–H groups in total. The van der Waals surface area contributed by atoms with Crippen molar-refractivity contribution in [3.8, 4) is 0 Å². The van der Waals surface area contributed by atoms with Crippen LogP contribution in [0.4, 0.5) is 0 Å². The van der Waals surface area contributed by atoms with Crippen LogP contribution in [0, 0.1) is 0 Å². The van der Waals surface area contributed by atoms with E-state index in [2.05, 4.69) is 20.4 Å². The van der Waals surface area contributed by atoms with Crippen LogP contribution in [-0.2, 0) is 0 Å². The summed E-state index contributed by atoms with van der Waals surface area (Å²) in [5.41, 5.74) is 5.14. The molecule has 0 rings (SSSR count). The second-order valence-electron chi connectivity index (χ2n) is 3.63. The second kappa shape index (κ2) is 18.5. The normalized spacial score (nSPS) is 9.07. The van der Waals surface area contributed by atoms with E-state index in [4.69, 9.17) is 5.73 Å². The quantitative estimate of drug-likeness (QED) is 0.458. The Morgan fingerprint density at radius 1 is 0.929 bits per heavy atom. The molecule has 0 aliphatic heterocycles. The van der Waals surface area contributed by atoms with E-state index >= 15 is 0 Å². The van der Waals surface area contributed by atoms with Gasteiger partial charge < -0.3 is 5.73 Å². The highest BCUT2D eigenvalue weighted by molar-refractivity contribution is 4.65. The van der Waals surface area contributed by atoms with Crippen molar-refractivity contribution < 1.29 is 0 Å². The predicted octanol–water partition coefficient (Wildman–Crippen LogP) is 4.28. The molecule has 86 valence electrons. The van der Waals surface area contributed by atoms with Gasteiger partial charge in [-0.3, -0.25) is 0 Å². The predicted molar refractivity (Wildman–Crippen MR) is 67.5 cm³/mol. The largest absolute Gasteiger partial charge is 0.330 e. The van der Waals surface area contributed by atoms with Crippen LogP contribution >= 0.6 is 0 Å². The minimum Gasteiger partial charge on any atom is -0.330 e. The van der Waals surface area contributed by atoms with E-state index in [0.29, 0.717) is 0 Å². The molecule has 0 aliphatic carbocycles. The van der Waals surface area contributed by atoms with Crippen molar-refractivity contribution in [2.45, 2.75) is 65.2 Å². The molecular formula is C13H29N. The summed E-state index contributed by atoms with van der Waals surface area (Å²) in [5.74, 6) is 0. The Morgan fingerprint density at radius 3 is 1.86 bits per heavy atom. The van der Waals surface area contributed by atoms with Gasteiger partial charge in [0.05, 0.1) is 0 Å². The van der Waals surface area contributed by atoms with Gasteiger partial charge in [0.25, 0.3) is 0 Å². The van der Waals surface area contributed by atoms with Crippen molar-refractivity contribution in [3.63, 3.8) is 0 Å². The van der Waals surface area contributed by atoms with E-state index in [9.17, 15) is 0 Å². The fourth-order valence-corrected chi connectivity index (χ4v) is 1.10. The number of nitrogens with two attached hydrogens (primary N) is 1. The molecule has 0 aromatic carbocycles. The number of hydrogen-bond acceptors (Lipinski definition) is 1. The Bertz CT molecular complexity index is 87.2. The summed E-state index contributed by atoms with van der Waals surface area (Å²) in [6.07, 6.45) is 12.5. The van der Waals surface area contributed by atoms with E-state index in [1.54, 1.807) is 0 Å². The number of hydrogen-bond donors (Lipinski definition) is 1. The van der Waals surface area contributed by atoms with Crippen LogP contribution in [0.3, 0.4) is 0 Å². The smallest absolute Gasteiger partial charge is 0.00774 e. The molecule has 1 heteroatoms. The molecule has 14 heavy (non-hydrogen) atoms. The molecule has 0 amide bonds. The number of rotatable bonds is 8. The molecule has 0 spiro atoms. The fraction of sp³-hybridized carbons (Fsp3) is 0.846. The molecule has 1 nitrogen and oxygen atoms in total. The number of allylic oxidation sites excluding steroid dienone is 1. The molecule has 0 unspecified atom stereocenters. The van der Waals surface area contributed by atoms with E-state index in [-0.39, 0.29) is 0 Å². The third kappa shape index (κ3) is 22.6. The zero-order valence-electron chi connectivity index (χ0n) is 10.2. The van der Waals surface area contributed by atoms with E-state index in [1.807, 2.05) is 6.08 Å². The molecule has 0 saturated carbocycles. The SMILES string of the molecule is C=CCCCCCCC.CCCCN. The van der Waals surface area contributed by atoms with Crippen molar-refractivity contribution in [1.29, 1.82) is 0 Å². The van der Waals surface area contributed by atoms with Gasteiger partial charge in [-0.15, -0.1) is 6.58 Å². The summed E-state index contributed by atoms with van der Waals surface area (Å²) >= 11 is 0. The molecular weight excluding hydrogens is 170 g/mol. The third-order valence-electron chi connectivity index (χ3n) is 2.07. The summed E-state index contributed by atoms with van der Waals surface area (Å²) in [7, 11) is 0. The van der Waals surface area contributed by atoms with Crippen molar-refractivity contribution in [2.75, 3.05) is 6.54 Å². The van der Waals surface area contributed by atoms with Crippen molar-refractivity contribution in [3.05, 3.63) is 12.7 Å². The highest BCUT2D eigenvalue weighted by Gasteiger charge is 1.84. The Hall–Kier alpha value is -0.300. The molecule has 0 saturated heterocycles. The molecule has 0 fully saturated rings. The van der Waals surface area contributed by atoms with Crippen LogP contribution in [0.15, 0.2) is 12.7 Å². The molecule has 0 bridgehead atoms. The van der Waals surface area contributed by atoms with Crippen molar-refractivity contribution in [1.82, 2.24) is 0 Å². The third-order valence-corrected chi connectivity index (χ3v) is 2.07. The van der Waals surface area contributed by atoms with Crippen LogP contribution < -0.4 is 5.73 Å². The maximum atomic E-state index is 5.14. The summed E-state index contributed by atoms with van der Waals surface area (Å²) in [6.45, 7) is 8.90. The average Bonchev–Trinajstić information content (AvgIpc) is 2.20. The lowest BCUT2D eigenvalue weighted by atomic mass is 10.1. The van der Waals surface area contributed by atoms with Gasteiger partial charge in [-0.1, -0.05) is 52.0 Å². The van der Waals surface area contributed by atoms with Crippen molar-refractivity contribution in [2.24, 2.45) is 5.73 Å².